The average Bonchev–Trinajstić information content (AvgIpc) is 2.63. The molecule has 1 saturated heterocycles. The summed E-state index contributed by atoms with van der Waals surface area (Å²) in [5.41, 5.74) is 0. The van der Waals surface area contributed by atoms with Gasteiger partial charge in [0.25, 0.3) is 0 Å². The predicted octanol–water partition coefficient (Wildman–Crippen LogP) is 0.217. The van der Waals surface area contributed by atoms with Crippen LogP contribution in [-0.2, 0) is 4.79 Å². The lowest BCUT2D eigenvalue weighted by molar-refractivity contribution is -0.122. The molecular weight excluding hydrogens is 204 g/mol. The highest BCUT2D eigenvalue weighted by molar-refractivity contribution is 5.78. The molecule has 16 heavy (non-hydrogen) atoms. The second-order valence-electron chi connectivity index (χ2n) is 5.17. The lowest BCUT2D eigenvalue weighted by Crippen LogP contribution is -2.39. The molecule has 1 aliphatic heterocycles. The largest absolute Gasteiger partial charge is 0.396 e. The summed E-state index contributed by atoms with van der Waals surface area (Å²) in [7, 11) is 0. The lowest BCUT2D eigenvalue weighted by Gasteiger charge is -2.25. The molecule has 2 N–H and O–H groups in total. The van der Waals surface area contributed by atoms with E-state index >= 15 is 0 Å². The first-order chi connectivity index (χ1) is 7.78. The van der Waals surface area contributed by atoms with Crippen molar-refractivity contribution in [1.82, 2.24) is 10.2 Å². The smallest absolute Gasteiger partial charge is 0.234 e. The molecule has 92 valence electrons. The van der Waals surface area contributed by atoms with Crippen molar-refractivity contribution in [1.29, 1.82) is 0 Å². The Balaban J connectivity index is 1.59. The predicted molar refractivity (Wildman–Crippen MR) is 62.0 cm³/mol. The molecular formula is C12H22N2O2. The van der Waals surface area contributed by atoms with E-state index in [2.05, 4.69) is 10.2 Å². The summed E-state index contributed by atoms with van der Waals surface area (Å²) in [6, 6.07) is 0. The molecule has 1 aliphatic carbocycles. The molecule has 2 rings (SSSR count). The summed E-state index contributed by atoms with van der Waals surface area (Å²) in [4.78, 5) is 13.8. The Morgan fingerprint density at radius 1 is 1.31 bits per heavy atom. The molecule has 2 fully saturated rings. The lowest BCUT2D eigenvalue weighted by atomic mass is 9.85. The minimum atomic E-state index is 0.144. The van der Waals surface area contributed by atoms with Crippen LogP contribution < -0.4 is 5.32 Å². The van der Waals surface area contributed by atoms with Crippen LogP contribution in [0.1, 0.15) is 25.7 Å². The van der Waals surface area contributed by atoms with Crippen LogP contribution in [0.25, 0.3) is 0 Å². The van der Waals surface area contributed by atoms with E-state index in [0.29, 0.717) is 12.5 Å². The van der Waals surface area contributed by atoms with E-state index in [1.165, 1.54) is 19.3 Å². The molecule has 4 nitrogen and oxygen atoms in total. The molecule has 1 saturated carbocycles. The van der Waals surface area contributed by atoms with Crippen LogP contribution in [0.4, 0.5) is 0 Å². The number of rotatable bonds is 5. The summed E-state index contributed by atoms with van der Waals surface area (Å²) in [6.07, 6.45) is 4.89. The van der Waals surface area contributed by atoms with Gasteiger partial charge in [-0.1, -0.05) is 6.42 Å². The second-order valence-corrected chi connectivity index (χ2v) is 5.17. The van der Waals surface area contributed by atoms with E-state index in [1.807, 2.05) is 0 Å². The molecule has 0 radical (unpaired) electrons. The minimum Gasteiger partial charge on any atom is -0.396 e. The third-order valence-electron chi connectivity index (χ3n) is 3.81. The highest BCUT2D eigenvalue weighted by Crippen LogP contribution is 2.25. The Labute approximate surface area is 97.0 Å². The van der Waals surface area contributed by atoms with Crippen LogP contribution in [-0.4, -0.2) is 48.7 Å². The number of carbonyl (C=O) groups is 1. The van der Waals surface area contributed by atoms with Crippen molar-refractivity contribution in [3.63, 3.8) is 0 Å². The number of aliphatic hydroxyl groups is 1. The Bertz CT molecular complexity index is 241. The SMILES string of the molecule is O=C(CN1CCC(CO)C1)NCC1CCC1. The Kier molecular flexibility index (Phi) is 4.18. The zero-order chi connectivity index (χ0) is 11.4. The number of hydrogen-bond donors (Lipinski definition) is 2. The van der Waals surface area contributed by atoms with E-state index < -0.39 is 0 Å². The summed E-state index contributed by atoms with van der Waals surface area (Å²) in [5.74, 6) is 1.25. The van der Waals surface area contributed by atoms with E-state index in [1.54, 1.807) is 0 Å². The Morgan fingerprint density at radius 3 is 2.69 bits per heavy atom. The molecule has 1 heterocycles. The van der Waals surface area contributed by atoms with E-state index in [-0.39, 0.29) is 12.5 Å². The number of carbonyl (C=O) groups excluding carboxylic acids is 1. The topological polar surface area (TPSA) is 52.6 Å². The van der Waals surface area contributed by atoms with Crippen LogP contribution in [0.3, 0.4) is 0 Å². The van der Waals surface area contributed by atoms with Gasteiger partial charge in [0.2, 0.25) is 5.91 Å². The zero-order valence-corrected chi connectivity index (χ0v) is 9.82. The van der Waals surface area contributed by atoms with Gasteiger partial charge in [0, 0.05) is 19.7 Å². The van der Waals surface area contributed by atoms with Gasteiger partial charge in [-0.25, -0.2) is 0 Å². The van der Waals surface area contributed by atoms with Gasteiger partial charge < -0.3 is 10.4 Å². The van der Waals surface area contributed by atoms with Gasteiger partial charge in [-0.05, 0) is 37.6 Å². The van der Waals surface area contributed by atoms with Crippen molar-refractivity contribution in [3.8, 4) is 0 Å². The normalized spacial score (nSPS) is 26.7. The van der Waals surface area contributed by atoms with Crippen LogP contribution in [0.5, 0.6) is 0 Å². The number of hydrogen-bond acceptors (Lipinski definition) is 3. The van der Waals surface area contributed by atoms with E-state index in [0.717, 1.165) is 32.0 Å². The Morgan fingerprint density at radius 2 is 2.12 bits per heavy atom. The molecule has 0 bridgehead atoms. The molecule has 0 spiro atoms. The third-order valence-corrected chi connectivity index (χ3v) is 3.81. The monoisotopic (exact) mass is 226 g/mol. The minimum absolute atomic E-state index is 0.144. The molecule has 1 amide bonds. The first-order valence-electron chi connectivity index (χ1n) is 6.38. The van der Waals surface area contributed by atoms with Crippen LogP contribution >= 0.6 is 0 Å². The summed E-state index contributed by atoms with van der Waals surface area (Å²) < 4.78 is 0. The van der Waals surface area contributed by atoms with Crippen LogP contribution in [0.2, 0.25) is 0 Å². The van der Waals surface area contributed by atoms with Crippen molar-refractivity contribution in [2.45, 2.75) is 25.7 Å². The van der Waals surface area contributed by atoms with Gasteiger partial charge in [0.1, 0.15) is 0 Å². The summed E-state index contributed by atoms with van der Waals surface area (Å²) in [6.45, 7) is 3.43. The average molecular weight is 226 g/mol. The van der Waals surface area contributed by atoms with Crippen molar-refractivity contribution in [2.24, 2.45) is 11.8 Å². The first kappa shape index (κ1) is 11.9. The molecule has 1 unspecified atom stereocenters. The van der Waals surface area contributed by atoms with Gasteiger partial charge in [0.15, 0.2) is 0 Å². The maximum absolute atomic E-state index is 11.6. The molecule has 1 atom stereocenters. The van der Waals surface area contributed by atoms with Crippen LogP contribution in [0, 0.1) is 11.8 Å². The van der Waals surface area contributed by atoms with Gasteiger partial charge in [-0.15, -0.1) is 0 Å². The second kappa shape index (κ2) is 5.64. The van der Waals surface area contributed by atoms with Gasteiger partial charge in [-0.3, -0.25) is 9.69 Å². The highest BCUT2D eigenvalue weighted by atomic mass is 16.3. The van der Waals surface area contributed by atoms with Crippen molar-refractivity contribution in [2.75, 3.05) is 32.8 Å². The Hall–Kier alpha value is -0.610. The standard InChI is InChI=1S/C12H22N2O2/c15-9-11-4-5-14(7-11)8-12(16)13-6-10-2-1-3-10/h10-11,15H,1-9H2,(H,13,16). The van der Waals surface area contributed by atoms with Gasteiger partial charge in [-0.2, -0.15) is 0 Å². The molecule has 0 aromatic heterocycles. The van der Waals surface area contributed by atoms with Gasteiger partial charge >= 0.3 is 0 Å². The fourth-order valence-corrected chi connectivity index (χ4v) is 2.42. The summed E-state index contributed by atoms with van der Waals surface area (Å²) >= 11 is 0. The number of nitrogens with one attached hydrogen (secondary N) is 1. The fraction of sp³-hybridized carbons (Fsp3) is 0.917. The molecule has 0 aromatic rings. The van der Waals surface area contributed by atoms with Crippen molar-refractivity contribution in [3.05, 3.63) is 0 Å². The molecule has 2 aliphatic rings. The fourth-order valence-electron chi connectivity index (χ4n) is 2.42. The number of nitrogens with zero attached hydrogens (tertiary/aromatic N) is 1. The maximum Gasteiger partial charge on any atom is 0.234 e. The number of amides is 1. The maximum atomic E-state index is 11.6. The quantitative estimate of drug-likeness (QED) is 0.705. The first-order valence-corrected chi connectivity index (χ1v) is 6.38. The van der Waals surface area contributed by atoms with Crippen molar-refractivity contribution < 1.29 is 9.90 Å². The van der Waals surface area contributed by atoms with E-state index in [9.17, 15) is 4.79 Å². The van der Waals surface area contributed by atoms with Crippen molar-refractivity contribution >= 4 is 5.91 Å². The molecule has 0 aromatic carbocycles. The number of likely N-dealkylation sites (tertiary alicyclic amines) is 1. The van der Waals surface area contributed by atoms with E-state index in [4.69, 9.17) is 5.11 Å². The number of aliphatic hydroxyl groups excluding tert-OH is 1. The third kappa shape index (κ3) is 3.19. The highest BCUT2D eigenvalue weighted by Gasteiger charge is 2.24. The summed E-state index contributed by atoms with van der Waals surface area (Å²) in [5, 5.41) is 12.0. The van der Waals surface area contributed by atoms with Gasteiger partial charge in [0.05, 0.1) is 6.54 Å². The molecule has 4 heteroatoms. The van der Waals surface area contributed by atoms with Crippen LogP contribution in [0.15, 0.2) is 0 Å². The zero-order valence-electron chi connectivity index (χ0n) is 9.82.